The molecule has 1 saturated carbocycles. The average molecular weight is 269 g/mol. The molecule has 19 heavy (non-hydrogen) atoms. The van der Waals surface area contributed by atoms with Gasteiger partial charge in [-0.3, -0.25) is 0 Å². The number of hydrogen-bond donors (Lipinski definition) is 1. The molecule has 0 atom stereocenters. The lowest BCUT2D eigenvalue weighted by atomic mass is 10.3. The SMILES string of the molecule is CCCNc1nc(N(CC)CC2CC2)c(F)cc1F. The van der Waals surface area contributed by atoms with Crippen molar-refractivity contribution in [2.24, 2.45) is 5.92 Å². The zero-order chi connectivity index (χ0) is 13.8. The third kappa shape index (κ3) is 3.55. The Morgan fingerprint density at radius 2 is 2.05 bits per heavy atom. The quantitative estimate of drug-likeness (QED) is 0.822. The van der Waals surface area contributed by atoms with E-state index in [1.54, 1.807) is 0 Å². The molecule has 1 aromatic rings. The Kier molecular flexibility index (Phi) is 4.56. The third-order valence-corrected chi connectivity index (χ3v) is 3.31. The van der Waals surface area contributed by atoms with Gasteiger partial charge in [-0.1, -0.05) is 6.92 Å². The lowest BCUT2D eigenvalue weighted by molar-refractivity contribution is 0.567. The maximum Gasteiger partial charge on any atom is 0.168 e. The fourth-order valence-electron chi connectivity index (χ4n) is 2.02. The lowest BCUT2D eigenvalue weighted by Crippen LogP contribution is -2.27. The van der Waals surface area contributed by atoms with Gasteiger partial charge < -0.3 is 10.2 Å². The van der Waals surface area contributed by atoms with Crippen molar-refractivity contribution >= 4 is 11.6 Å². The second kappa shape index (κ2) is 6.17. The molecule has 0 aromatic carbocycles. The number of anilines is 2. The van der Waals surface area contributed by atoms with Crippen LogP contribution in [0.4, 0.5) is 20.4 Å². The van der Waals surface area contributed by atoms with Crippen molar-refractivity contribution in [2.45, 2.75) is 33.1 Å². The fourth-order valence-corrected chi connectivity index (χ4v) is 2.02. The van der Waals surface area contributed by atoms with Crippen molar-refractivity contribution in [3.05, 3.63) is 17.7 Å². The summed E-state index contributed by atoms with van der Waals surface area (Å²) in [5, 5.41) is 2.90. The zero-order valence-corrected chi connectivity index (χ0v) is 11.5. The summed E-state index contributed by atoms with van der Waals surface area (Å²) in [4.78, 5) is 6.02. The van der Waals surface area contributed by atoms with Crippen molar-refractivity contribution in [1.29, 1.82) is 0 Å². The molecule has 0 spiro atoms. The molecule has 2 rings (SSSR count). The molecular weight excluding hydrogens is 248 g/mol. The highest BCUT2D eigenvalue weighted by Gasteiger charge is 2.26. The molecule has 3 nitrogen and oxygen atoms in total. The van der Waals surface area contributed by atoms with Crippen LogP contribution >= 0.6 is 0 Å². The molecule has 0 amide bonds. The van der Waals surface area contributed by atoms with Gasteiger partial charge >= 0.3 is 0 Å². The second-order valence-electron chi connectivity index (χ2n) is 5.03. The Balaban J connectivity index is 2.20. The normalized spacial score (nSPS) is 14.5. The van der Waals surface area contributed by atoms with Gasteiger partial charge in [0.25, 0.3) is 0 Å². The molecule has 1 aliphatic rings. The minimum absolute atomic E-state index is 0.146. The third-order valence-electron chi connectivity index (χ3n) is 3.31. The van der Waals surface area contributed by atoms with Crippen molar-refractivity contribution < 1.29 is 8.78 Å². The molecule has 1 heterocycles. The molecule has 1 fully saturated rings. The summed E-state index contributed by atoms with van der Waals surface area (Å²) in [5.41, 5.74) is 0. The monoisotopic (exact) mass is 269 g/mol. The van der Waals surface area contributed by atoms with E-state index in [0.29, 0.717) is 19.0 Å². The molecule has 0 bridgehead atoms. The standard InChI is InChI=1S/C14H21F2N3/c1-3-7-17-13-11(15)8-12(16)14(18-13)19(4-2)9-10-5-6-10/h8,10H,3-7,9H2,1-2H3,(H,17,18). The summed E-state index contributed by atoms with van der Waals surface area (Å²) in [6.07, 6.45) is 3.26. The van der Waals surface area contributed by atoms with Crippen LogP contribution in [0.2, 0.25) is 0 Å². The highest BCUT2D eigenvalue weighted by atomic mass is 19.1. The summed E-state index contributed by atoms with van der Waals surface area (Å²) in [6.45, 7) is 6.06. The predicted octanol–water partition coefficient (Wildman–Crippen LogP) is 3.42. The molecule has 1 aromatic heterocycles. The van der Waals surface area contributed by atoms with Crippen molar-refractivity contribution in [1.82, 2.24) is 4.98 Å². The lowest BCUT2D eigenvalue weighted by Gasteiger charge is -2.23. The average Bonchev–Trinajstić information content (AvgIpc) is 3.19. The van der Waals surface area contributed by atoms with Crippen LogP contribution in [0.5, 0.6) is 0 Å². The molecule has 0 aliphatic heterocycles. The molecule has 5 heteroatoms. The molecule has 0 unspecified atom stereocenters. The van der Waals surface area contributed by atoms with E-state index >= 15 is 0 Å². The second-order valence-corrected chi connectivity index (χ2v) is 5.03. The first kappa shape index (κ1) is 14.0. The molecule has 1 aliphatic carbocycles. The van der Waals surface area contributed by atoms with Gasteiger partial charge in [-0.15, -0.1) is 0 Å². The first-order valence-electron chi connectivity index (χ1n) is 7.00. The van der Waals surface area contributed by atoms with Crippen LogP contribution in [0.25, 0.3) is 0 Å². The van der Waals surface area contributed by atoms with E-state index in [9.17, 15) is 8.78 Å². The molecule has 0 saturated heterocycles. The summed E-state index contributed by atoms with van der Waals surface area (Å²) < 4.78 is 27.5. The van der Waals surface area contributed by atoms with Crippen LogP contribution in [0.15, 0.2) is 6.07 Å². The van der Waals surface area contributed by atoms with Gasteiger partial charge in [-0.2, -0.15) is 0 Å². The maximum absolute atomic E-state index is 13.9. The van der Waals surface area contributed by atoms with E-state index in [2.05, 4.69) is 10.3 Å². The van der Waals surface area contributed by atoms with Gasteiger partial charge in [0, 0.05) is 25.7 Å². The number of nitrogens with zero attached hydrogens (tertiary/aromatic N) is 2. The van der Waals surface area contributed by atoms with Gasteiger partial charge in [-0.25, -0.2) is 13.8 Å². The van der Waals surface area contributed by atoms with Crippen LogP contribution in [0, 0.1) is 17.6 Å². The topological polar surface area (TPSA) is 28.2 Å². The van der Waals surface area contributed by atoms with Crippen molar-refractivity contribution in [3.63, 3.8) is 0 Å². The smallest absolute Gasteiger partial charge is 0.168 e. The highest BCUT2D eigenvalue weighted by molar-refractivity contribution is 5.49. The van der Waals surface area contributed by atoms with Gasteiger partial charge in [0.2, 0.25) is 0 Å². The minimum Gasteiger partial charge on any atom is -0.368 e. The van der Waals surface area contributed by atoms with E-state index in [1.807, 2.05) is 18.7 Å². The Morgan fingerprint density at radius 1 is 1.32 bits per heavy atom. The van der Waals surface area contributed by atoms with E-state index in [1.165, 1.54) is 12.8 Å². The van der Waals surface area contributed by atoms with Crippen LogP contribution in [-0.4, -0.2) is 24.6 Å². The number of hydrogen-bond acceptors (Lipinski definition) is 3. The Labute approximate surface area is 113 Å². The number of aromatic nitrogens is 1. The van der Waals surface area contributed by atoms with E-state index in [4.69, 9.17) is 0 Å². The maximum atomic E-state index is 13.9. The van der Waals surface area contributed by atoms with Gasteiger partial charge in [0.1, 0.15) is 0 Å². The van der Waals surface area contributed by atoms with Crippen LogP contribution in [-0.2, 0) is 0 Å². The minimum atomic E-state index is -0.628. The fraction of sp³-hybridized carbons (Fsp3) is 0.643. The molecule has 1 N–H and O–H groups in total. The number of halogens is 2. The van der Waals surface area contributed by atoms with Crippen molar-refractivity contribution in [2.75, 3.05) is 29.9 Å². The zero-order valence-electron chi connectivity index (χ0n) is 11.5. The van der Waals surface area contributed by atoms with E-state index in [0.717, 1.165) is 19.0 Å². The first-order valence-corrected chi connectivity index (χ1v) is 7.00. The number of nitrogens with one attached hydrogen (secondary N) is 1. The summed E-state index contributed by atoms with van der Waals surface area (Å²) in [6, 6.07) is 0.926. The van der Waals surface area contributed by atoms with Crippen LogP contribution < -0.4 is 10.2 Å². The van der Waals surface area contributed by atoms with Gasteiger partial charge in [0.05, 0.1) is 0 Å². The van der Waals surface area contributed by atoms with Gasteiger partial charge in [-0.05, 0) is 32.1 Å². The first-order chi connectivity index (χ1) is 9.15. The molecular formula is C14H21F2N3. The summed E-state index contributed by atoms with van der Waals surface area (Å²) in [5.74, 6) is -0.167. The summed E-state index contributed by atoms with van der Waals surface area (Å²) >= 11 is 0. The largest absolute Gasteiger partial charge is 0.368 e. The van der Waals surface area contributed by atoms with Crippen LogP contribution in [0.3, 0.4) is 0 Å². The van der Waals surface area contributed by atoms with Crippen LogP contribution in [0.1, 0.15) is 33.1 Å². The Morgan fingerprint density at radius 3 is 2.63 bits per heavy atom. The number of rotatable bonds is 7. The van der Waals surface area contributed by atoms with E-state index < -0.39 is 11.6 Å². The summed E-state index contributed by atoms with van der Waals surface area (Å²) in [7, 11) is 0. The Bertz CT molecular complexity index is 433. The highest BCUT2D eigenvalue weighted by Crippen LogP contribution is 2.32. The van der Waals surface area contributed by atoms with Crippen molar-refractivity contribution in [3.8, 4) is 0 Å². The van der Waals surface area contributed by atoms with E-state index in [-0.39, 0.29) is 11.6 Å². The Hall–Kier alpha value is -1.39. The predicted molar refractivity (Wildman–Crippen MR) is 73.5 cm³/mol. The number of pyridine rings is 1. The molecule has 106 valence electrons. The van der Waals surface area contributed by atoms with Gasteiger partial charge in [0.15, 0.2) is 23.3 Å². The molecule has 0 radical (unpaired) electrons.